The number of benzene rings is 2. The molecular weight excluding hydrogens is 509 g/mol. The van der Waals surface area contributed by atoms with Crippen molar-refractivity contribution in [2.24, 2.45) is 16.6 Å². The molecule has 0 aliphatic carbocycles. The molecule has 3 aromatic rings. The average molecular weight is 537 g/mol. The predicted octanol–water partition coefficient (Wildman–Crippen LogP) is 4.25. The summed E-state index contributed by atoms with van der Waals surface area (Å²) in [5.74, 6) is -1.07. The molecule has 2 amide bonds. The lowest BCUT2D eigenvalue weighted by molar-refractivity contribution is -0.138. The van der Waals surface area contributed by atoms with E-state index in [0.29, 0.717) is 28.9 Å². The van der Waals surface area contributed by atoms with E-state index in [-0.39, 0.29) is 37.4 Å². The van der Waals surface area contributed by atoms with Crippen molar-refractivity contribution < 1.29 is 22.8 Å². The van der Waals surface area contributed by atoms with Gasteiger partial charge >= 0.3 is 6.18 Å². The van der Waals surface area contributed by atoms with Crippen LogP contribution in [0.4, 0.5) is 13.2 Å². The van der Waals surface area contributed by atoms with Gasteiger partial charge in [-0.05, 0) is 35.6 Å². The molecule has 0 spiro atoms. The Hall–Kier alpha value is -4.28. The third-order valence-corrected chi connectivity index (χ3v) is 6.93. The molecule has 3 heterocycles. The summed E-state index contributed by atoms with van der Waals surface area (Å²) in [5.41, 5.74) is 5.54. The molecular formula is C28H27F3N6O2. The van der Waals surface area contributed by atoms with Crippen molar-refractivity contribution in [1.29, 1.82) is 0 Å². The highest BCUT2D eigenvalue weighted by molar-refractivity contribution is 6.07. The number of aliphatic imine (C=N–C) groups is 1. The van der Waals surface area contributed by atoms with Crippen LogP contribution in [0.15, 0.2) is 65.9 Å². The number of hydrogen-bond acceptors (Lipinski definition) is 6. The van der Waals surface area contributed by atoms with Crippen LogP contribution in [0.5, 0.6) is 0 Å². The van der Waals surface area contributed by atoms with Crippen LogP contribution in [-0.2, 0) is 36.1 Å². The topological polar surface area (TPSA) is 105 Å². The highest BCUT2D eigenvalue weighted by atomic mass is 19.4. The van der Waals surface area contributed by atoms with Gasteiger partial charge < -0.3 is 10.6 Å². The van der Waals surface area contributed by atoms with E-state index < -0.39 is 28.7 Å². The van der Waals surface area contributed by atoms with Gasteiger partial charge in [-0.15, -0.1) is 0 Å². The Labute approximate surface area is 223 Å². The molecule has 0 radical (unpaired) electrons. The summed E-state index contributed by atoms with van der Waals surface area (Å²) in [6.07, 6.45) is -1.40. The number of guanidine groups is 1. The fourth-order valence-corrected chi connectivity index (χ4v) is 5.22. The number of alkyl halides is 3. The highest BCUT2D eigenvalue weighted by Gasteiger charge is 2.49. The first-order valence-corrected chi connectivity index (χ1v) is 12.5. The zero-order valence-corrected chi connectivity index (χ0v) is 21.4. The molecule has 0 fully saturated rings. The summed E-state index contributed by atoms with van der Waals surface area (Å²) in [7, 11) is 0. The summed E-state index contributed by atoms with van der Waals surface area (Å²) in [4.78, 5) is 42.6. The van der Waals surface area contributed by atoms with Crippen LogP contribution >= 0.6 is 0 Å². The van der Waals surface area contributed by atoms with E-state index in [1.54, 1.807) is 0 Å². The van der Waals surface area contributed by atoms with Gasteiger partial charge in [0.25, 0.3) is 11.8 Å². The maximum atomic E-state index is 13.9. The molecule has 2 N–H and O–H groups in total. The van der Waals surface area contributed by atoms with Crippen molar-refractivity contribution in [3.63, 3.8) is 0 Å². The van der Waals surface area contributed by atoms with Gasteiger partial charge in [0.1, 0.15) is 0 Å². The molecule has 39 heavy (non-hydrogen) atoms. The Morgan fingerprint density at radius 2 is 1.69 bits per heavy atom. The van der Waals surface area contributed by atoms with Gasteiger partial charge in [-0.25, -0.2) is 4.99 Å². The van der Waals surface area contributed by atoms with Crippen LogP contribution in [-0.4, -0.2) is 37.5 Å². The van der Waals surface area contributed by atoms with E-state index in [1.165, 1.54) is 34.3 Å². The first-order chi connectivity index (χ1) is 18.5. The summed E-state index contributed by atoms with van der Waals surface area (Å²) < 4.78 is 41.8. The highest BCUT2D eigenvalue weighted by Crippen LogP contribution is 2.40. The molecule has 0 bridgehead atoms. The largest absolute Gasteiger partial charge is 0.417 e. The maximum absolute atomic E-state index is 13.9. The fourth-order valence-electron chi connectivity index (χ4n) is 5.22. The number of carbonyl (C=O) groups excluding carboxylic acids is 2. The third-order valence-electron chi connectivity index (χ3n) is 6.93. The molecule has 11 heteroatoms. The first kappa shape index (κ1) is 26.3. The number of nitrogens with two attached hydrogens (primary N) is 1. The van der Waals surface area contributed by atoms with Crippen molar-refractivity contribution in [1.82, 2.24) is 19.8 Å². The average Bonchev–Trinajstić information content (AvgIpc) is 3.43. The molecule has 2 aliphatic heterocycles. The summed E-state index contributed by atoms with van der Waals surface area (Å²) in [5, 5.41) is 0. The van der Waals surface area contributed by atoms with Gasteiger partial charge in [0, 0.05) is 12.4 Å². The molecule has 8 nitrogen and oxygen atoms in total. The summed E-state index contributed by atoms with van der Waals surface area (Å²) in [6.45, 7) is 3.93. The Morgan fingerprint density at radius 1 is 1.05 bits per heavy atom. The second-order valence-corrected chi connectivity index (χ2v) is 10.2. The monoisotopic (exact) mass is 536 g/mol. The van der Waals surface area contributed by atoms with E-state index in [2.05, 4.69) is 15.0 Å². The standard InChI is InChI=1S/C28H27F3N6O2/c1-17(2)13-27(19-6-4-3-5-7-19)25(39)37(26(32)35-27)14-18-8-9-21(28(29,30)31)20(12-18)24(38)36-15-22-23(16-36)34-11-10-33-22/h3-12,17H,13-16H2,1-2H3,(H2,32,35). The molecule has 0 saturated heterocycles. The number of fused-ring (bicyclic) bond motifs is 1. The minimum Gasteiger partial charge on any atom is -0.369 e. The molecule has 0 saturated carbocycles. The van der Waals surface area contributed by atoms with Gasteiger partial charge in [-0.2, -0.15) is 13.2 Å². The van der Waals surface area contributed by atoms with Crippen molar-refractivity contribution in [3.8, 4) is 0 Å². The fraction of sp³-hybridized carbons (Fsp3) is 0.321. The van der Waals surface area contributed by atoms with Gasteiger partial charge in [0.2, 0.25) is 0 Å². The Morgan fingerprint density at radius 3 is 2.28 bits per heavy atom. The van der Waals surface area contributed by atoms with E-state index in [1.807, 2.05) is 44.2 Å². The quantitative estimate of drug-likeness (QED) is 0.507. The first-order valence-electron chi connectivity index (χ1n) is 12.5. The molecule has 1 atom stereocenters. The lowest BCUT2D eigenvalue weighted by Gasteiger charge is -2.28. The number of amides is 2. The van der Waals surface area contributed by atoms with Crippen LogP contribution < -0.4 is 5.73 Å². The molecule has 1 aromatic heterocycles. The number of aromatic nitrogens is 2. The van der Waals surface area contributed by atoms with E-state index in [4.69, 9.17) is 5.73 Å². The SMILES string of the molecule is CC(C)CC1(c2ccccc2)N=C(N)N(Cc2ccc(C(F)(F)F)c(C(=O)N3Cc4nccnc4C3)c2)C1=O. The summed E-state index contributed by atoms with van der Waals surface area (Å²) in [6, 6.07) is 12.4. The molecule has 1 unspecified atom stereocenters. The maximum Gasteiger partial charge on any atom is 0.417 e. The Balaban J connectivity index is 1.47. The smallest absolute Gasteiger partial charge is 0.369 e. The minimum absolute atomic E-state index is 0.0237. The van der Waals surface area contributed by atoms with Gasteiger partial charge in [0.15, 0.2) is 11.5 Å². The number of halogens is 3. The number of hydrogen-bond donors (Lipinski definition) is 1. The number of carbonyl (C=O) groups is 2. The van der Waals surface area contributed by atoms with Gasteiger partial charge in [-0.1, -0.05) is 50.2 Å². The van der Waals surface area contributed by atoms with Crippen molar-refractivity contribution in [2.45, 2.75) is 51.6 Å². The zero-order chi connectivity index (χ0) is 27.9. The lowest BCUT2D eigenvalue weighted by atomic mass is 9.82. The summed E-state index contributed by atoms with van der Waals surface area (Å²) >= 11 is 0. The Bertz CT molecular complexity index is 1430. The van der Waals surface area contributed by atoms with Crippen molar-refractivity contribution >= 4 is 17.8 Å². The molecule has 2 aliphatic rings. The van der Waals surface area contributed by atoms with Crippen molar-refractivity contribution in [3.05, 3.63) is 94.6 Å². The second-order valence-electron chi connectivity index (χ2n) is 10.2. The number of nitrogens with zero attached hydrogens (tertiary/aromatic N) is 5. The van der Waals surface area contributed by atoms with Gasteiger partial charge in [0.05, 0.1) is 42.1 Å². The Kier molecular flexibility index (Phi) is 6.61. The van der Waals surface area contributed by atoms with Crippen LogP contribution in [0.1, 0.15) is 58.7 Å². The van der Waals surface area contributed by atoms with Crippen LogP contribution in [0.3, 0.4) is 0 Å². The van der Waals surface area contributed by atoms with Crippen molar-refractivity contribution in [2.75, 3.05) is 0 Å². The van der Waals surface area contributed by atoms with Crippen LogP contribution in [0.25, 0.3) is 0 Å². The second kappa shape index (κ2) is 9.79. The normalized spacial score (nSPS) is 19.0. The van der Waals surface area contributed by atoms with E-state index in [0.717, 1.165) is 6.07 Å². The van der Waals surface area contributed by atoms with Crippen LogP contribution in [0.2, 0.25) is 0 Å². The van der Waals surface area contributed by atoms with E-state index >= 15 is 0 Å². The number of rotatable bonds is 6. The molecule has 2 aromatic carbocycles. The minimum atomic E-state index is -4.75. The molecule has 5 rings (SSSR count). The third kappa shape index (κ3) is 4.84. The van der Waals surface area contributed by atoms with E-state index in [9.17, 15) is 22.8 Å². The van der Waals surface area contributed by atoms with Crippen LogP contribution in [0, 0.1) is 5.92 Å². The predicted molar refractivity (Wildman–Crippen MR) is 137 cm³/mol. The zero-order valence-electron chi connectivity index (χ0n) is 21.4. The lowest BCUT2D eigenvalue weighted by Crippen LogP contribution is -2.43. The van der Waals surface area contributed by atoms with Gasteiger partial charge in [-0.3, -0.25) is 24.5 Å². The molecule has 202 valence electrons.